The van der Waals surface area contributed by atoms with Gasteiger partial charge in [-0.15, -0.1) is 0 Å². The van der Waals surface area contributed by atoms with Gasteiger partial charge in [-0.3, -0.25) is 4.79 Å². The van der Waals surface area contributed by atoms with Crippen molar-refractivity contribution in [2.45, 2.75) is 38.0 Å². The maximum Gasteiger partial charge on any atom is 0.185 e. The van der Waals surface area contributed by atoms with Crippen LogP contribution in [0.5, 0.6) is 0 Å². The van der Waals surface area contributed by atoms with Crippen LogP contribution in [-0.2, 0) is 0 Å². The molecule has 1 nitrogen and oxygen atoms in total. The van der Waals surface area contributed by atoms with Crippen molar-refractivity contribution < 1.29 is 4.79 Å². The smallest absolute Gasteiger partial charge is 0.185 e. The standard InChI is InChI=1S/C27H26O/c28-27(26-18-16-25(17-19-26)23-9-5-2-6-10-23)20-13-21-11-14-24(15-12-21)22-7-3-1-4-8-22/h1,3-4,7-8,11-20,23H,2,5-6,9-10H2. The van der Waals surface area contributed by atoms with Crippen molar-refractivity contribution in [3.8, 4) is 11.1 Å². The second-order valence-electron chi connectivity index (χ2n) is 7.64. The second-order valence-corrected chi connectivity index (χ2v) is 7.64. The first-order chi connectivity index (χ1) is 13.8. The quantitative estimate of drug-likeness (QED) is 0.342. The van der Waals surface area contributed by atoms with E-state index in [4.69, 9.17) is 0 Å². The molecular weight excluding hydrogens is 340 g/mol. The number of hydrogen-bond acceptors (Lipinski definition) is 1. The predicted octanol–water partition coefficient (Wildman–Crippen LogP) is 7.30. The van der Waals surface area contributed by atoms with E-state index in [2.05, 4.69) is 48.5 Å². The lowest BCUT2D eigenvalue weighted by molar-refractivity contribution is 0.104. The lowest BCUT2D eigenvalue weighted by Crippen LogP contribution is -2.04. The molecular formula is C27H26O. The Hall–Kier alpha value is -2.93. The van der Waals surface area contributed by atoms with Gasteiger partial charge in [0.15, 0.2) is 5.78 Å². The minimum Gasteiger partial charge on any atom is -0.289 e. The highest BCUT2D eigenvalue weighted by Gasteiger charge is 2.15. The summed E-state index contributed by atoms with van der Waals surface area (Å²) in [5.74, 6) is 0.735. The molecule has 0 N–H and O–H groups in total. The zero-order valence-corrected chi connectivity index (χ0v) is 16.2. The largest absolute Gasteiger partial charge is 0.289 e. The van der Waals surface area contributed by atoms with Crippen molar-refractivity contribution >= 4 is 11.9 Å². The Kier molecular flexibility index (Phi) is 5.82. The number of rotatable bonds is 5. The van der Waals surface area contributed by atoms with Gasteiger partial charge in [-0.25, -0.2) is 0 Å². The Labute approximate surface area is 167 Å². The molecule has 140 valence electrons. The van der Waals surface area contributed by atoms with Crippen LogP contribution in [0.3, 0.4) is 0 Å². The Morgan fingerprint density at radius 2 is 1.36 bits per heavy atom. The maximum atomic E-state index is 12.5. The van der Waals surface area contributed by atoms with E-state index < -0.39 is 0 Å². The highest BCUT2D eigenvalue weighted by Crippen LogP contribution is 2.32. The fourth-order valence-electron chi connectivity index (χ4n) is 4.04. The van der Waals surface area contributed by atoms with Crippen LogP contribution in [0.15, 0.2) is 84.9 Å². The lowest BCUT2D eigenvalue weighted by atomic mass is 9.84. The molecule has 4 rings (SSSR count). The summed E-state index contributed by atoms with van der Waals surface area (Å²) in [4.78, 5) is 12.5. The first kappa shape index (κ1) is 18.4. The van der Waals surface area contributed by atoms with E-state index in [-0.39, 0.29) is 5.78 Å². The Morgan fingerprint density at radius 3 is 2.04 bits per heavy atom. The first-order valence-electron chi connectivity index (χ1n) is 10.3. The third-order valence-electron chi connectivity index (χ3n) is 5.72. The average molecular weight is 367 g/mol. The summed E-state index contributed by atoms with van der Waals surface area (Å²) in [6.07, 6.45) is 10.2. The molecule has 0 aromatic heterocycles. The van der Waals surface area contributed by atoms with Gasteiger partial charge < -0.3 is 0 Å². The van der Waals surface area contributed by atoms with E-state index in [0.29, 0.717) is 5.92 Å². The zero-order valence-electron chi connectivity index (χ0n) is 16.2. The predicted molar refractivity (Wildman–Crippen MR) is 118 cm³/mol. The average Bonchev–Trinajstić information content (AvgIpc) is 2.79. The number of allylic oxidation sites excluding steroid dienone is 1. The maximum absolute atomic E-state index is 12.5. The molecule has 0 unspecified atom stereocenters. The van der Waals surface area contributed by atoms with Gasteiger partial charge in [0.05, 0.1) is 0 Å². The van der Waals surface area contributed by atoms with Gasteiger partial charge in [-0.05, 0) is 47.1 Å². The molecule has 0 spiro atoms. The molecule has 3 aromatic carbocycles. The summed E-state index contributed by atoms with van der Waals surface area (Å²) in [5, 5.41) is 0. The normalized spacial score (nSPS) is 15.0. The highest BCUT2D eigenvalue weighted by atomic mass is 16.1. The topological polar surface area (TPSA) is 17.1 Å². The van der Waals surface area contributed by atoms with Crippen LogP contribution in [-0.4, -0.2) is 5.78 Å². The molecule has 3 aromatic rings. The molecule has 28 heavy (non-hydrogen) atoms. The van der Waals surface area contributed by atoms with Gasteiger partial charge in [-0.1, -0.05) is 104 Å². The van der Waals surface area contributed by atoms with Gasteiger partial charge in [0.25, 0.3) is 0 Å². The summed E-state index contributed by atoms with van der Waals surface area (Å²) in [7, 11) is 0. The molecule has 1 heteroatoms. The monoisotopic (exact) mass is 366 g/mol. The third-order valence-corrected chi connectivity index (χ3v) is 5.72. The molecule has 0 amide bonds. The van der Waals surface area contributed by atoms with E-state index in [1.54, 1.807) is 6.08 Å². The van der Waals surface area contributed by atoms with Gasteiger partial charge in [0.2, 0.25) is 0 Å². The van der Waals surface area contributed by atoms with Crippen molar-refractivity contribution in [3.05, 3.63) is 102 Å². The van der Waals surface area contributed by atoms with Gasteiger partial charge in [-0.2, -0.15) is 0 Å². The van der Waals surface area contributed by atoms with Crippen LogP contribution in [0.1, 0.15) is 59.5 Å². The molecule has 1 fully saturated rings. The van der Waals surface area contributed by atoms with Crippen molar-refractivity contribution in [3.63, 3.8) is 0 Å². The molecule has 1 aliphatic carbocycles. The van der Waals surface area contributed by atoms with E-state index in [1.165, 1.54) is 48.8 Å². The van der Waals surface area contributed by atoms with E-state index in [0.717, 1.165) is 11.1 Å². The second kappa shape index (κ2) is 8.84. The molecule has 0 bridgehead atoms. The van der Waals surface area contributed by atoms with Gasteiger partial charge >= 0.3 is 0 Å². The van der Waals surface area contributed by atoms with E-state index in [9.17, 15) is 4.79 Å². The van der Waals surface area contributed by atoms with Crippen LogP contribution in [0.25, 0.3) is 17.2 Å². The van der Waals surface area contributed by atoms with Crippen LogP contribution >= 0.6 is 0 Å². The fourth-order valence-corrected chi connectivity index (χ4v) is 4.04. The minimum atomic E-state index is 0.0577. The van der Waals surface area contributed by atoms with Crippen molar-refractivity contribution in [2.24, 2.45) is 0 Å². The number of hydrogen-bond donors (Lipinski definition) is 0. The van der Waals surface area contributed by atoms with E-state index in [1.807, 2.05) is 36.4 Å². The summed E-state index contributed by atoms with van der Waals surface area (Å²) in [5.41, 5.74) is 5.56. The van der Waals surface area contributed by atoms with Crippen LogP contribution < -0.4 is 0 Å². The van der Waals surface area contributed by atoms with Crippen LogP contribution in [0, 0.1) is 0 Å². The Bertz CT molecular complexity index is 928. The number of benzene rings is 3. The summed E-state index contributed by atoms with van der Waals surface area (Å²) < 4.78 is 0. The SMILES string of the molecule is O=C(C=Cc1ccc(-c2ccccc2)cc1)c1ccc(C2CCCCC2)cc1. The highest BCUT2D eigenvalue weighted by molar-refractivity contribution is 6.06. The zero-order chi connectivity index (χ0) is 19.2. The molecule has 0 atom stereocenters. The Morgan fingerprint density at radius 1 is 0.714 bits per heavy atom. The van der Waals surface area contributed by atoms with Crippen molar-refractivity contribution in [1.82, 2.24) is 0 Å². The minimum absolute atomic E-state index is 0.0577. The third kappa shape index (κ3) is 4.48. The summed E-state index contributed by atoms with van der Waals surface area (Å²) in [6.45, 7) is 0. The number of ketones is 1. The molecule has 0 heterocycles. The molecule has 0 aliphatic heterocycles. The number of carbonyl (C=O) groups is 1. The fraction of sp³-hybridized carbons (Fsp3) is 0.222. The number of carbonyl (C=O) groups excluding carboxylic acids is 1. The van der Waals surface area contributed by atoms with E-state index >= 15 is 0 Å². The summed E-state index contributed by atoms with van der Waals surface area (Å²) in [6, 6.07) is 26.9. The van der Waals surface area contributed by atoms with Gasteiger partial charge in [0.1, 0.15) is 0 Å². The molecule has 0 radical (unpaired) electrons. The van der Waals surface area contributed by atoms with Crippen molar-refractivity contribution in [2.75, 3.05) is 0 Å². The summed E-state index contributed by atoms with van der Waals surface area (Å²) >= 11 is 0. The van der Waals surface area contributed by atoms with Gasteiger partial charge in [0, 0.05) is 5.56 Å². The Balaban J connectivity index is 1.41. The molecule has 1 aliphatic rings. The first-order valence-corrected chi connectivity index (χ1v) is 10.3. The van der Waals surface area contributed by atoms with Crippen LogP contribution in [0.4, 0.5) is 0 Å². The van der Waals surface area contributed by atoms with Crippen molar-refractivity contribution in [1.29, 1.82) is 0 Å². The molecule has 1 saturated carbocycles. The molecule has 0 saturated heterocycles. The lowest BCUT2D eigenvalue weighted by Gasteiger charge is -2.21. The van der Waals surface area contributed by atoms with Crippen LogP contribution in [0.2, 0.25) is 0 Å².